The zero-order valence-electron chi connectivity index (χ0n) is 10.0. The lowest BCUT2D eigenvalue weighted by molar-refractivity contribution is 0.0960. The predicted octanol–water partition coefficient (Wildman–Crippen LogP) is 1.95. The van der Waals surface area contributed by atoms with Crippen molar-refractivity contribution in [1.29, 1.82) is 0 Å². The number of hydrogen-bond donors (Lipinski definition) is 1. The molecule has 0 aliphatic heterocycles. The van der Waals surface area contributed by atoms with Crippen molar-refractivity contribution in [2.45, 2.75) is 30.4 Å². The monoisotopic (exact) mass is 239 g/mol. The zero-order valence-corrected chi connectivity index (χ0v) is 10.9. The Morgan fingerprint density at radius 1 is 1.25 bits per heavy atom. The van der Waals surface area contributed by atoms with Crippen LogP contribution in [0, 0.1) is 0 Å². The van der Waals surface area contributed by atoms with Crippen LogP contribution in [0.3, 0.4) is 0 Å². The zero-order chi connectivity index (χ0) is 12.3. The molecule has 0 saturated carbocycles. The van der Waals surface area contributed by atoms with Crippen LogP contribution in [-0.4, -0.2) is 21.9 Å². The van der Waals surface area contributed by atoms with Crippen molar-refractivity contribution < 1.29 is 9.00 Å². The third kappa shape index (κ3) is 2.70. The van der Waals surface area contributed by atoms with E-state index in [4.69, 9.17) is 0 Å². The minimum atomic E-state index is -1.20. The Morgan fingerprint density at radius 2 is 1.81 bits per heavy atom. The smallest absolute Gasteiger partial charge is 0.252 e. The Labute approximate surface area is 98.7 Å². The van der Waals surface area contributed by atoms with Crippen LogP contribution >= 0.6 is 0 Å². The predicted molar refractivity (Wildman–Crippen MR) is 66.0 cm³/mol. The van der Waals surface area contributed by atoms with Gasteiger partial charge in [0.1, 0.15) is 0 Å². The minimum Gasteiger partial charge on any atom is -0.355 e. The van der Waals surface area contributed by atoms with Gasteiger partial charge in [0.15, 0.2) is 0 Å². The quantitative estimate of drug-likeness (QED) is 0.857. The number of hydrogen-bond acceptors (Lipinski definition) is 2. The van der Waals surface area contributed by atoms with Gasteiger partial charge >= 0.3 is 0 Å². The molecule has 1 amide bonds. The van der Waals surface area contributed by atoms with E-state index in [1.807, 2.05) is 20.8 Å². The number of carbonyl (C=O) groups excluding carboxylic acids is 1. The van der Waals surface area contributed by atoms with Crippen LogP contribution in [0.15, 0.2) is 29.2 Å². The summed E-state index contributed by atoms with van der Waals surface area (Å²) in [6, 6.07) is 7.00. The number of benzene rings is 1. The van der Waals surface area contributed by atoms with E-state index in [1.165, 1.54) is 0 Å². The van der Waals surface area contributed by atoms with Gasteiger partial charge in [-0.2, -0.15) is 0 Å². The van der Waals surface area contributed by atoms with Gasteiger partial charge in [-0.3, -0.25) is 9.00 Å². The fourth-order valence-corrected chi connectivity index (χ4v) is 2.50. The number of rotatable bonds is 2. The van der Waals surface area contributed by atoms with Gasteiger partial charge in [-0.15, -0.1) is 0 Å². The van der Waals surface area contributed by atoms with E-state index in [0.717, 1.165) is 0 Å². The Hall–Kier alpha value is -1.16. The highest BCUT2D eigenvalue weighted by Gasteiger charge is 2.24. The van der Waals surface area contributed by atoms with Crippen LogP contribution in [0.5, 0.6) is 0 Å². The van der Waals surface area contributed by atoms with Crippen LogP contribution < -0.4 is 5.32 Å². The molecule has 1 atom stereocenters. The Balaban J connectivity index is 3.24. The number of carbonyl (C=O) groups is 1. The fraction of sp³-hybridized carbons (Fsp3) is 0.417. The molecule has 0 aromatic heterocycles. The standard InChI is InChI=1S/C12H17NO2S/c1-12(2,3)16(15)10-8-6-5-7-9(10)11(14)13-4/h5-8H,1-4H3,(H,13,14). The first kappa shape index (κ1) is 12.9. The van der Waals surface area contributed by atoms with Crippen LogP contribution in [0.2, 0.25) is 0 Å². The molecular formula is C12H17NO2S. The third-order valence-corrected chi connectivity index (χ3v) is 3.98. The number of nitrogens with one attached hydrogen (secondary N) is 1. The van der Waals surface area contributed by atoms with Crippen molar-refractivity contribution in [3.63, 3.8) is 0 Å². The highest BCUT2D eigenvalue weighted by molar-refractivity contribution is 7.86. The first-order valence-electron chi connectivity index (χ1n) is 5.11. The first-order valence-corrected chi connectivity index (χ1v) is 6.26. The van der Waals surface area contributed by atoms with Gasteiger partial charge in [-0.1, -0.05) is 12.1 Å². The molecule has 0 fully saturated rings. The fourth-order valence-electron chi connectivity index (χ4n) is 1.28. The molecule has 0 spiro atoms. The summed E-state index contributed by atoms with van der Waals surface area (Å²) in [7, 11) is 0.373. The lowest BCUT2D eigenvalue weighted by Gasteiger charge is -2.19. The van der Waals surface area contributed by atoms with E-state index in [1.54, 1.807) is 31.3 Å². The summed E-state index contributed by atoms with van der Waals surface area (Å²) in [6.07, 6.45) is 0. The molecule has 1 aromatic carbocycles. The Kier molecular flexibility index (Phi) is 3.86. The molecular weight excluding hydrogens is 222 g/mol. The molecule has 1 unspecified atom stereocenters. The third-order valence-electron chi connectivity index (χ3n) is 2.11. The van der Waals surface area contributed by atoms with Crippen LogP contribution in [0.1, 0.15) is 31.1 Å². The molecule has 0 bridgehead atoms. The van der Waals surface area contributed by atoms with Crippen molar-refractivity contribution in [2.24, 2.45) is 0 Å². The molecule has 1 aromatic rings. The number of amides is 1. The van der Waals surface area contributed by atoms with Crippen molar-refractivity contribution in [1.82, 2.24) is 5.32 Å². The van der Waals surface area contributed by atoms with E-state index >= 15 is 0 Å². The molecule has 3 nitrogen and oxygen atoms in total. The summed E-state index contributed by atoms with van der Waals surface area (Å²) in [4.78, 5) is 12.2. The molecule has 0 radical (unpaired) electrons. The van der Waals surface area contributed by atoms with Crippen molar-refractivity contribution in [2.75, 3.05) is 7.05 Å². The van der Waals surface area contributed by atoms with E-state index in [0.29, 0.717) is 10.5 Å². The molecule has 0 heterocycles. The molecule has 1 rings (SSSR count). The normalized spacial score (nSPS) is 13.2. The Bertz CT molecular complexity index is 421. The summed E-state index contributed by atoms with van der Waals surface area (Å²) < 4.78 is 11.9. The lowest BCUT2D eigenvalue weighted by atomic mass is 10.2. The van der Waals surface area contributed by atoms with Crippen LogP contribution in [0.25, 0.3) is 0 Å². The average Bonchev–Trinajstić information content (AvgIpc) is 2.25. The van der Waals surface area contributed by atoms with Crippen LogP contribution in [-0.2, 0) is 10.8 Å². The lowest BCUT2D eigenvalue weighted by Crippen LogP contribution is -2.26. The van der Waals surface area contributed by atoms with Gasteiger partial charge in [0.2, 0.25) is 0 Å². The minimum absolute atomic E-state index is 0.201. The highest BCUT2D eigenvalue weighted by Crippen LogP contribution is 2.23. The van der Waals surface area contributed by atoms with E-state index in [2.05, 4.69) is 5.32 Å². The van der Waals surface area contributed by atoms with Crippen LogP contribution in [0.4, 0.5) is 0 Å². The molecule has 16 heavy (non-hydrogen) atoms. The summed E-state index contributed by atoms with van der Waals surface area (Å²) >= 11 is 0. The second-order valence-corrected chi connectivity index (χ2v) is 6.66. The van der Waals surface area contributed by atoms with E-state index in [-0.39, 0.29) is 10.7 Å². The average molecular weight is 239 g/mol. The largest absolute Gasteiger partial charge is 0.355 e. The molecule has 1 N–H and O–H groups in total. The maximum atomic E-state index is 12.2. The molecule has 88 valence electrons. The maximum Gasteiger partial charge on any atom is 0.252 e. The molecule has 0 aliphatic carbocycles. The van der Waals surface area contributed by atoms with Gasteiger partial charge in [0.05, 0.1) is 21.3 Å². The summed E-state index contributed by atoms with van der Waals surface area (Å²) in [5.74, 6) is -0.201. The summed E-state index contributed by atoms with van der Waals surface area (Å²) in [5, 5.41) is 2.55. The summed E-state index contributed by atoms with van der Waals surface area (Å²) in [6.45, 7) is 5.68. The topological polar surface area (TPSA) is 46.2 Å². The van der Waals surface area contributed by atoms with Gasteiger partial charge in [0, 0.05) is 11.8 Å². The molecule has 4 heteroatoms. The SMILES string of the molecule is CNC(=O)c1ccccc1S(=O)C(C)(C)C. The highest BCUT2D eigenvalue weighted by atomic mass is 32.2. The van der Waals surface area contributed by atoms with Crippen molar-refractivity contribution >= 4 is 16.7 Å². The maximum absolute atomic E-state index is 12.2. The van der Waals surface area contributed by atoms with Crippen molar-refractivity contribution in [3.8, 4) is 0 Å². The summed E-state index contributed by atoms with van der Waals surface area (Å²) in [5.41, 5.74) is 0.484. The van der Waals surface area contributed by atoms with Gasteiger partial charge in [-0.25, -0.2) is 0 Å². The Morgan fingerprint density at radius 3 is 2.31 bits per heavy atom. The van der Waals surface area contributed by atoms with E-state index in [9.17, 15) is 9.00 Å². The molecule has 0 saturated heterocycles. The second kappa shape index (κ2) is 4.78. The first-order chi connectivity index (χ1) is 7.38. The van der Waals surface area contributed by atoms with Gasteiger partial charge in [-0.05, 0) is 32.9 Å². The van der Waals surface area contributed by atoms with Gasteiger partial charge in [0.25, 0.3) is 5.91 Å². The van der Waals surface area contributed by atoms with Crippen molar-refractivity contribution in [3.05, 3.63) is 29.8 Å². The van der Waals surface area contributed by atoms with Gasteiger partial charge < -0.3 is 5.32 Å². The molecule has 0 aliphatic rings. The van der Waals surface area contributed by atoms with E-state index < -0.39 is 10.8 Å². The second-order valence-electron chi connectivity index (χ2n) is 4.46.